The van der Waals surface area contributed by atoms with Crippen molar-refractivity contribution in [3.8, 4) is 0 Å². The number of benzene rings is 1. The van der Waals surface area contributed by atoms with Crippen LogP contribution in [-0.4, -0.2) is 29.3 Å². The Morgan fingerprint density at radius 2 is 1.95 bits per heavy atom. The van der Waals surface area contributed by atoms with E-state index in [1.165, 1.54) is 24.3 Å². The topological polar surface area (TPSA) is 92.5 Å². The molecule has 4 amide bonds. The lowest BCUT2D eigenvalue weighted by molar-refractivity contribution is -0.134. The summed E-state index contributed by atoms with van der Waals surface area (Å²) in [5.74, 6) is -1.78. The van der Waals surface area contributed by atoms with Crippen LogP contribution in [-0.2, 0) is 15.1 Å². The molecule has 1 atom stereocenters. The van der Waals surface area contributed by atoms with Gasteiger partial charge in [0.15, 0.2) is 0 Å². The highest BCUT2D eigenvalue weighted by atomic mass is 19.1. The molecule has 0 unspecified atom stereocenters. The minimum atomic E-state index is -1.28. The number of nitrogens with two attached hydrogens (primary N) is 1. The standard InChI is InChI=1S/C13H14FN3O3/c1-2-13(8-3-5-9(14)6-4-8)11(19)17(7-10(15)18)12(20)16-13/h3-6H,2,7H2,1H3,(H2,15,18)(H,16,20)/t13-/m1/s1. The molecule has 1 heterocycles. The third kappa shape index (κ3) is 2.11. The number of rotatable bonds is 4. The zero-order valence-corrected chi connectivity index (χ0v) is 10.9. The quantitative estimate of drug-likeness (QED) is 0.784. The molecule has 1 aromatic carbocycles. The number of halogens is 1. The van der Waals surface area contributed by atoms with Gasteiger partial charge in [0.25, 0.3) is 5.91 Å². The van der Waals surface area contributed by atoms with Crippen LogP contribution in [0.5, 0.6) is 0 Å². The Morgan fingerprint density at radius 3 is 2.45 bits per heavy atom. The van der Waals surface area contributed by atoms with Gasteiger partial charge in [0, 0.05) is 0 Å². The molecule has 0 saturated carbocycles. The Kier molecular flexibility index (Phi) is 3.44. The molecule has 1 fully saturated rings. The van der Waals surface area contributed by atoms with Crippen molar-refractivity contribution in [2.75, 3.05) is 6.54 Å². The van der Waals surface area contributed by atoms with Gasteiger partial charge in [0.05, 0.1) is 0 Å². The monoisotopic (exact) mass is 279 g/mol. The molecule has 1 aromatic rings. The Morgan fingerprint density at radius 1 is 1.35 bits per heavy atom. The van der Waals surface area contributed by atoms with Crippen LogP contribution in [0.1, 0.15) is 18.9 Å². The Labute approximate surface area is 114 Å². The maximum Gasteiger partial charge on any atom is 0.325 e. The zero-order chi connectivity index (χ0) is 14.9. The number of hydrogen-bond acceptors (Lipinski definition) is 3. The van der Waals surface area contributed by atoms with Gasteiger partial charge in [-0.15, -0.1) is 0 Å². The van der Waals surface area contributed by atoms with Crippen molar-refractivity contribution >= 4 is 17.8 Å². The largest absolute Gasteiger partial charge is 0.368 e. The number of amides is 4. The first-order chi connectivity index (χ1) is 9.40. The smallest absolute Gasteiger partial charge is 0.325 e. The highest BCUT2D eigenvalue weighted by Gasteiger charge is 2.51. The molecule has 1 aliphatic heterocycles. The van der Waals surface area contributed by atoms with E-state index in [-0.39, 0.29) is 6.42 Å². The van der Waals surface area contributed by atoms with Gasteiger partial charge in [-0.1, -0.05) is 19.1 Å². The normalized spacial score (nSPS) is 22.0. The third-order valence-electron chi connectivity index (χ3n) is 3.36. The number of nitrogens with one attached hydrogen (secondary N) is 1. The van der Waals surface area contributed by atoms with Crippen LogP contribution >= 0.6 is 0 Å². The molecule has 0 aromatic heterocycles. The third-order valence-corrected chi connectivity index (χ3v) is 3.36. The summed E-state index contributed by atoms with van der Waals surface area (Å²) in [6.45, 7) is 1.24. The molecule has 7 heteroatoms. The van der Waals surface area contributed by atoms with Crippen molar-refractivity contribution in [2.45, 2.75) is 18.9 Å². The average molecular weight is 279 g/mol. The minimum Gasteiger partial charge on any atom is -0.368 e. The number of carbonyl (C=O) groups is 3. The summed E-state index contributed by atoms with van der Waals surface area (Å²) in [4.78, 5) is 36.0. The highest BCUT2D eigenvalue weighted by Crippen LogP contribution is 2.32. The van der Waals surface area contributed by atoms with E-state index in [4.69, 9.17) is 5.73 Å². The fourth-order valence-electron chi connectivity index (χ4n) is 2.30. The van der Waals surface area contributed by atoms with Crippen molar-refractivity contribution < 1.29 is 18.8 Å². The van der Waals surface area contributed by atoms with Gasteiger partial charge >= 0.3 is 6.03 Å². The predicted molar refractivity (Wildman–Crippen MR) is 67.8 cm³/mol. The molecule has 0 spiro atoms. The second kappa shape index (κ2) is 4.92. The maximum atomic E-state index is 13.0. The Bertz CT molecular complexity index is 573. The Balaban J connectivity index is 2.42. The van der Waals surface area contributed by atoms with Gasteiger partial charge in [-0.05, 0) is 24.1 Å². The fraction of sp³-hybridized carbons (Fsp3) is 0.308. The van der Waals surface area contributed by atoms with Crippen LogP contribution in [0.4, 0.5) is 9.18 Å². The van der Waals surface area contributed by atoms with Gasteiger partial charge < -0.3 is 11.1 Å². The molecular weight excluding hydrogens is 265 g/mol. The summed E-state index contributed by atoms with van der Waals surface area (Å²) >= 11 is 0. The van der Waals surface area contributed by atoms with Crippen molar-refractivity contribution in [1.82, 2.24) is 10.2 Å². The van der Waals surface area contributed by atoms with Gasteiger partial charge in [0.2, 0.25) is 5.91 Å². The van der Waals surface area contributed by atoms with Crippen molar-refractivity contribution in [3.05, 3.63) is 35.6 Å². The molecule has 2 rings (SSSR count). The van der Waals surface area contributed by atoms with E-state index >= 15 is 0 Å². The van der Waals surface area contributed by atoms with E-state index in [1.54, 1.807) is 6.92 Å². The van der Waals surface area contributed by atoms with Crippen LogP contribution in [0, 0.1) is 5.82 Å². The molecule has 0 radical (unpaired) electrons. The molecule has 0 aliphatic carbocycles. The highest BCUT2D eigenvalue weighted by molar-refractivity contribution is 6.09. The summed E-state index contributed by atoms with van der Waals surface area (Å²) < 4.78 is 13.0. The van der Waals surface area contributed by atoms with Crippen LogP contribution in [0.15, 0.2) is 24.3 Å². The molecule has 3 N–H and O–H groups in total. The maximum absolute atomic E-state index is 13.0. The van der Waals surface area contributed by atoms with Gasteiger partial charge in [-0.3, -0.25) is 14.5 Å². The molecule has 1 saturated heterocycles. The number of hydrogen-bond donors (Lipinski definition) is 2. The summed E-state index contributed by atoms with van der Waals surface area (Å²) in [6, 6.07) is 4.61. The zero-order valence-electron chi connectivity index (χ0n) is 10.9. The lowest BCUT2D eigenvalue weighted by atomic mass is 9.87. The second-order valence-electron chi connectivity index (χ2n) is 4.55. The first kappa shape index (κ1) is 14.0. The first-order valence-corrected chi connectivity index (χ1v) is 6.09. The molecule has 106 valence electrons. The Hall–Kier alpha value is -2.44. The molecule has 20 heavy (non-hydrogen) atoms. The van der Waals surface area contributed by atoms with Gasteiger partial charge in [-0.2, -0.15) is 0 Å². The van der Waals surface area contributed by atoms with Gasteiger partial charge in [0.1, 0.15) is 17.9 Å². The lowest BCUT2D eigenvalue weighted by Gasteiger charge is -2.25. The van der Waals surface area contributed by atoms with E-state index in [0.717, 1.165) is 4.90 Å². The van der Waals surface area contributed by atoms with Crippen LogP contribution in [0.25, 0.3) is 0 Å². The second-order valence-corrected chi connectivity index (χ2v) is 4.55. The van der Waals surface area contributed by atoms with Gasteiger partial charge in [-0.25, -0.2) is 9.18 Å². The predicted octanol–water partition coefficient (Wildman–Crippen LogP) is 0.468. The summed E-state index contributed by atoms with van der Waals surface area (Å²) in [5, 5.41) is 2.57. The fourth-order valence-corrected chi connectivity index (χ4v) is 2.30. The van der Waals surface area contributed by atoms with E-state index in [1.807, 2.05) is 0 Å². The van der Waals surface area contributed by atoms with Crippen molar-refractivity contribution in [1.29, 1.82) is 0 Å². The molecule has 6 nitrogen and oxygen atoms in total. The van der Waals surface area contributed by atoms with E-state index in [9.17, 15) is 18.8 Å². The molecule has 0 bridgehead atoms. The van der Waals surface area contributed by atoms with Crippen LogP contribution in [0.3, 0.4) is 0 Å². The molecule has 1 aliphatic rings. The number of urea groups is 1. The number of imide groups is 1. The average Bonchev–Trinajstić information content (AvgIpc) is 2.64. The lowest BCUT2D eigenvalue weighted by Crippen LogP contribution is -2.44. The van der Waals surface area contributed by atoms with E-state index < -0.39 is 35.7 Å². The van der Waals surface area contributed by atoms with Crippen LogP contribution < -0.4 is 11.1 Å². The number of primary amides is 1. The summed E-state index contributed by atoms with van der Waals surface area (Å²) in [5.41, 5.74) is 4.21. The minimum absolute atomic E-state index is 0.276. The van der Waals surface area contributed by atoms with E-state index in [2.05, 4.69) is 5.32 Å². The van der Waals surface area contributed by atoms with Crippen molar-refractivity contribution in [2.24, 2.45) is 5.73 Å². The number of nitrogens with zero attached hydrogens (tertiary/aromatic N) is 1. The van der Waals surface area contributed by atoms with Crippen LogP contribution in [0.2, 0.25) is 0 Å². The first-order valence-electron chi connectivity index (χ1n) is 6.09. The van der Waals surface area contributed by atoms with E-state index in [0.29, 0.717) is 5.56 Å². The molecular formula is C13H14FN3O3. The summed E-state index contributed by atoms with van der Waals surface area (Å²) in [7, 11) is 0. The number of carbonyl (C=O) groups excluding carboxylic acids is 3. The summed E-state index contributed by atoms with van der Waals surface area (Å²) in [6.07, 6.45) is 0.276. The SMILES string of the molecule is CC[C@]1(c2ccc(F)cc2)NC(=O)N(CC(N)=O)C1=O. The van der Waals surface area contributed by atoms with Crippen molar-refractivity contribution in [3.63, 3.8) is 0 Å².